The fraction of sp³-hybridized carbons (Fsp3) is 0.875. The third-order valence-corrected chi connectivity index (χ3v) is 2.38. The number of alkyl halides is 3. The van der Waals surface area contributed by atoms with Crippen molar-refractivity contribution in [2.24, 2.45) is 0 Å². The molecule has 1 aliphatic heterocycles. The Bertz CT molecular complexity index is 244. The first kappa shape index (κ1) is 12.3. The van der Waals surface area contributed by atoms with Gasteiger partial charge in [-0.15, -0.1) is 0 Å². The maximum atomic E-state index is 12.5. The molecule has 1 heterocycles. The molecule has 0 amide bonds. The summed E-state index contributed by atoms with van der Waals surface area (Å²) in [7, 11) is 0. The number of aliphatic carboxylic acids is 1. The summed E-state index contributed by atoms with van der Waals surface area (Å²) >= 11 is 0. The van der Waals surface area contributed by atoms with Gasteiger partial charge < -0.3 is 10.2 Å². The van der Waals surface area contributed by atoms with Crippen molar-refractivity contribution in [3.63, 3.8) is 0 Å². The number of carboxylic acid groups (broad SMARTS) is 1. The summed E-state index contributed by atoms with van der Waals surface area (Å²) in [5, 5.41) is 17.5. The lowest BCUT2D eigenvalue weighted by atomic mass is 10.2. The number of β-amino-alcohol motifs (C(OH)–C–C–N with tert-alkyl or cyclic N) is 1. The number of nitrogens with zero attached hydrogens (tertiary/aromatic N) is 1. The molecule has 2 atom stereocenters. The van der Waals surface area contributed by atoms with E-state index in [0.29, 0.717) is 0 Å². The Labute approximate surface area is 84.3 Å². The Hall–Kier alpha value is -0.820. The minimum atomic E-state index is -4.57. The van der Waals surface area contributed by atoms with Gasteiger partial charge in [-0.2, -0.15) is 13.2 Å². The van der Waals surface area contributed by atoms with Crippen molar-refractivity contribution in [3.05, 3.63) is 0 Å². The van der Waals surface area contributed by atoms with Crippen LogP contribution in [0.25, 0.3) is 0 Å². The first-order chi connectivity index (χ1) is 6.80. The van der Waals surface area contributed by atoms with Crippen molar-refractivity contribution < 1.29 is 28.2 Å². The van der Waals surface area contributed by atoms with E-state index in [1.807, 2.05) is 0 Å². The first-order valence-corrected chi connectivity index (χ1v) is 4.51. The van der Waals surface area contributed by atoms with Crippen LogP contribution in [0.15, 0.2) is 0 Å². The van der Waals surface area contributed by atoms with Gasteiger partial charge in [0.05, 0.1) is 12.5 Å². The summed E-state index contributed by atoms with van der Waals surface area (Å²) in [5.41, 5.74) is 0. The number of hydrogen-bond donors (Lipinski definition) is 2. The van der Waals surface area contributed by atoms with Gasteiger partial charge in [0, 0.05) is 13.1 Å². The Morgan fingerprint density at radius 1 is 1.53 bits per heavy atom. The Balaban J connectivity index is 2.68. The van der Waals surface area contributed by atoms with Gasteiger partial charge in [0.1, 0.15) is 6.04 Å². The molecule has 0 aromatic carbocycles. The van der Waals surface area contributed by atoms with E-state index in [1.165, 1.54) is 0 Å². The fourth-order valence-electron chi connectivity index (χ4n) is 1.67. The Morgan fingerprint density at radius 2 is 2.13 bits per heavy atom. The second-order valence-corrected chi connectivity index (χ2v) is 3.59. The average molecular weight is 227 g/mol. The van der Waals surface area contributed by atoms with Crippen molar-refractivity contribution in [2.75, 3.05) is 13.1 Å². The zero-order valence-electron chi connectivity index (χ0n) is 7.87. The molecule has 0 aromatic heterocycles. The Kier molecular flexibility index (Phi) is 3.56. The van der Waals surface area contributed by atoms with Crippen molar-refractivity contribution in [2.45, 2.75) is 31.2 Å². The molecule has 1 saturated heterocycles. The van der Waals surface area contributed by atoms with Crippen LogP contribution in [0, 0.1) is 0 Å². The second kappa shape index (κ2) is 4.36. The van der Waals surface area contributed by atoms with Crippen LogP contribution in [-0.4, -0.2) is 52.5 Å². The van der Waals surface area contributed by atoms with Gasteiger partial charge in [-0.25, -0.2) is 0 Å². The molecular weight excluding hydrogens is 215 g/mol. The van der Waals surface area contributed by atoms with Gasteiger partial charge in [-0.1, -0.05) is 0 Å². The van der Waals surface area contributed by atoms with E-state index >= 15 is 0 Å². The van der Waals surface area contributed by atoms with E-state index in [4.69, 9.17) is 10.2 Å². The van der Waals surface area contributed by atoms with Crippen LogP contribution in [0.4, 0.5) is 13.2 Å². The molecule has 15 heavy (non-hydrogen) atoms. The molecule has 1 rings (SSSR count). The number of carboxylic acids is 1. The molecule has 2 unspecified atom stereocenters. The van der Waals surface area contributed by atoms with Crippen molar-refractivity contribution >= 4 is 5.97 Å². The van der Waals surface area contributed by atoms with Crippen LogP contribution >= 0.6 is 0 Å². The first-order valence-electron chi connectivity index (χ1n) is 4.51. The van der Waals surface area contributed by atoms with E-state index in [2.05, 4.69) is 0 Å². The third kappa shape index (κ3) is 3.35. The summed E-state index contributed by atoms with van der Waals surface area (Å²) in [4.78, 5) is 11.3. The van der Waals surface area contributed by atoms with Crippen LogP contribution < -0.4 is 0 Å². The molecule has 88 valence electrons. The molecule has 4 nitrogen and oxygen atoms in total. The molecular formula is C8H12F3NO3. The van der Waals surface area contributed by atoms with Gasteiger partial charge >= 0.3 is 12.1 Å². The molecule has 0 bridgehead atoms. The normalized spacial score (nSPS) is 25.5. The lowest BCUT2D eigenvalue weighted by Gasteiger charge is -2.28. The van der Waals surface area contributed by atoms with Gasteiger partial charge in [0.25, 0.3) is 0 Å². The van der Waals surface area contributed by atoms with Gasteiger partial charge in [0.2, 0.25) is 0 Å². The van der Waals surface area contributed by atoms with Crippen LogP contribution in [-0.2, 0) is 4.79 Å². The average Bonchev–Trinajstić information content (AvgIpc) is 2.45. The summed E-state index contributed by atoms with van der Waals surface area (Å²) in [5.74, 6) is -1.49. The number of rotatable bonds is 3. The van der Waals surface area contributed by atoms with Crippen molar-refractivity contribution in [1.29, 1.82) is 0 Å². The zero-order valence-corrected chi connectivity index (χ0v) is 7.87. The Morgan fingerprint density at radius 3 is 2.47 bits per heavy atom. The predicted octanol–water partition coefficient (Wildman–Crippen LogP) is 0.459. The lowest BCUT2D eigenvalue weighted by molar-refractivity contribution is -0.188. The fourth-order valence-corrected chi connectivity index (χ4v) is 1.67. The van der Waals surface area contributed by atoms with Gasteiger partial charge in [-0.3, -0.25) is 9.69 Å². The molecule has 1 fully saturated rings. The molecule has 0 aromatic rings. The smallest absolute Gasteiger partial charge is 0.404 e. The van der Waals surface area contributed by atoms with Crippen LogP contribution in [0.3, 0.4) is 0 Å². The highest BCUT2D eigenvalue weighted by Crippen LogP contribution is 2.29. The number of aliphatic hydroxyl groups excluding tert-OH is 1. The minimum absolute atomic E-state index is 0.0820. The minimum Gasteiger partial charge on any atom is -0.481 e. The topological polar surface area (TPSA) is 60.8 Å². The molecule has 2 N–H and O–H groups in total. The molecule has 0 aliphatic carbocycles. The zero-order chi connectivity index (χ0) is 11.6. The second-order valence-electron chi connectivity index (χ2n) is 3.59. The summed E-state index contributed by atoms with van der Waals surface area (Å²) < 4.78 is 37.4. The standard InChI is InChI=1S/C8H12F3NO3/c9-8(10,11)6(3-7(14)15)12-2-1-5(13)4-12/h5-6,13H,1-4H2,(H,14,15). The third-order valence-electron chi connectivity index (χ3n) is 2.38. The molecule has 0 spiro atoms. The van der Waals surface area contributed by atoms with Crippen LogP contribution in [0.2, 0.25) is 0 Å². The predicted molar refractivity (Wildman–Crippen MR) is 44.3 cm³/mol. The molecule has 7 heteroatoms. The molecule has 0 radical (unpaired) electrons. The van der Waals surface area contributed by atoms with Crippen LogP contribution in [0.5, 0.6) is 0 Å². The molecule has 0 saturated carbocycles. The van der Waals surface area contributed by atoms with E-state index < -0.39 is 30.7 Å². The van der Waals surface area contributed by atoms with Gasteiger partial charge in [-0.05, 0) is 6.42 Å². The number of hydrogen-bond acceptors (Lipinski definition) is 3. The van der Waals surface area contributed by atoms with Gasteiger partial charge in [0.15, 0.2) is 0 Å². The van der Waals surface area contributed by atoms with Crippen molar-refractivity contribution in [3.8, 4) is 0 Å². The van der Waals surface area contributed by atoms with Crippen LogP contribution in [0.1, 0.15) is 12.8 Å². The van der Waals surface area contributed by atoms with E-state index in [9.17, 15) is 18.0 Å². The highest BCUT2D eigenvalue weighted by molar-refractivity contribution is 5.67. The summed E-state index contributed by atoms with van der Waals surface area (Å²) in [6.07, 6.45) is -6.08. The largest absolute Gasteiger partial charge is 0.481 e. The van der Waals surface area contributed by atoms with E-state index in [0.717, 1.165) is 4.90 Å². The van der Waals surface area contributed by atoms with E-state index in [-0.39, 0.29) is 19.5 Å². The number of carbonyl (C=O) groups is 1. The maximum Gasteiger partial charge on any atom is 0.404 e. The summed E-state index contributed by atoms with van der Waals surface area (Å²) in [6, 6.07) is -1.99. The number of halogens is 3. The summed E-state index contributed by atoms with van der Waals surface area (Å²) in [6.45, 7) is -0.0317. The lowest BCUT2D eigenvalue weighted by Crippen LogP contribution is -2.46. The quantitative estimate of drug-likeness (QED) is 0.735. The van der Waals surface area contributed by atoms with Crippen molar-refractivity contribution in [1.82, 2.24) is 4.90 Å². The van der Waals surface area contributed by atoms with E-state index in [1.54, 1.807) is 0 Å². The monoisotopic (exact) mass is 227 g/mol. The maximum absolute atomic E-state index is 12.5. The highest BCUT2D eigenvalue weighted by Gasteiger charge is 2.46. The molecule has 1 aliphatic rings. The SMILES string of the molecule is O=C(O)CC(N1CCC(O)C1)C(F)(F)F. The highest BCUT2D eigenvalue weighted by atomic mass is 19.4. The number of likely N-dealkylation sites (tertiary alicyclic amines) is 1. The number of aliphatic hydroxyl groups is 1.